The van der Waals surface area contributed by atoms with Gasteiger partial charge in [0.2, 0.25) is 17.7 Å². The third-order valence-corrected chi connectivity index (χ3v) is 5.58. The number of benzene rings is 2. The van der Waals surface area contributed by atoms with Gasteiger partial charge in [-0.15, -0.1) is 20.4 Å². The van der Waals surface area contributed by atoms with E-state index < -0.39 is 0 Å². The highest BCUT2D eigenvalue weighted by atomic mass is 35.5. The number of halogens is 1. The second-order valence-electron chi connectivity index (χ2n) is 6.61. The number of carbonyl (C=O) groups is 1. The van der Waals surface area contributed by atoms with Crippen molar-refractivity contribution in [3.63, 3.8) is 0 Å². The largest absolute Gasteiger partial charge is 0.420 e. The van der Waals surface area contributed by atoms with E-state index in [2.05, 4.69) is 25.7 Å². The average molecular weight is 455 g/mol. The maximum absolute atomic E-state index is 11.2. The topological polar surface area (TPSA) is 98.7 Å². The highest BCUT2D eigenvalue weighted by Gasteiger charge is 2.15. The van der Waals surface area contributed by atoms with Gasteiger partial charge in [-0.1, -0.05) is 23.4 Å². The minimum Gasteiger partial charge on any atom is -0.420 e. The summed E-state index contributed by atoms with van der Waals surface area (Å²) in [5.74, 6) is 2.07. The quantitative estimate of drug-likeness (QED) is 0.395. The molecule has 0 bridgehead atoms. The number of hydrogen-bond acceptors (Lipinski definition) is 7. The molecule has 2 heterocycles. The summed E-state index contributed by atoms with van der Waals surface area (Å²) in [4.78, 5) is 11.2. The van der Waals surface area contributed by atoms with Crippen LogP contribution in [-0.2, 0) is 17.1 Å². The van der Waals surface area contributed by atoms with Crippen LogP contribution in [0, 0.1) is 0 Å². The zero-order valence-corrected chi connectivity index (χ0v) is 18.4. The van der Waals surface area contributed by atoms with Gasteiger partial charge >= 0.3 is 0 Å². The summed E-state index contributed by atoms with van der Waals surface area (Å²) >= 11 is 7.40. The van der Waals surface area contributed by atoms with Crippen molar-refractivity contribution in [2.45, 2.75) is 31.3 Å². The Morgan fingerprint density at radius 1 is 1.03 bits per heavy atom. The van der Waals surface area contributed by atoms with E-state index in [1.54, 1.807) is 12.1 Å². The molecule has 0 unspecified atom stereocenters. The third-order valence-electron chi connectivity index (χ3n) is 4.38. The van der Waals surface area contributed by atoms with Gasteiger partial charge < -0.3 is 14.3 Å². The molecule has 0 radical (unpaired) electrons. The Morgan fingerprint density at radius 2 is 1.74 bits per heavy atom. The van der Waals surface area contributed by atoms with Crippen LogP contribution >= 0.6 is 23.4 Å². The van der Waals surface area contributed by atoms with E-state index in [0.29, 0.717) is 29.1 Å². The Labute approximate surface area is 188 Å². The molecule has 0 saturated heterocycles. The SMILES string of the molecule is CCn1c(SCc2nnc(-c3ccc(Cl)cc3)o2)nnc1-c1ccc(NC(C)=O)cc1. The maximum atomic E-state index is 11.2. The lowest BCUT2D eigenvalue weighted by molar-refractivity contribution is -0.114. The number of hydrogen-bond donors (Lipinski definition) is 1. The number of anilines is 1. The van der Waals surface area contributed by atoms with Crippen LogP contribution in [0.1, 0.15) is 19.7 Å². The number of rotatable bonds is 7. The molecule has 0 aliphatic rings. The standard InChI is InChI=1S/C21H19ClN6O2S/c1-3-28-19(14-6-10-17(11-7-14)23-13(2)29)25-27-21(28)31-12-18-24-26-20(30-18)15-4-8-16(22)9-5-15/h4-11H,3,12H2,1-2H3,(H,23,29). The number of thioether (sulfide) groups is 1. The average Bonchev–Trinajstić information content (AvgIpc) is 3.40. The van der Waals surface area contributed by atoms with E-state index in [9.17, 15) is 4.79 Å². The molecular weight excluding hydrogens is 436 g/mol. The van der Waals surface area contributed by atoms with Crippen LogP contribution in [0.2, 0.25) is 5.02 Å². The van der Waals surface area contributed by atoms with E-state index in [0.717, 1.165) is 27.8 Å². The number of nitrogens with one attached hydrogen (secondary N) is 1. The summed E-state index contributed by atoms with van der Waals surface area (Å²) in [5.41, 5.74) is 2.47. The van der Waals surface area contributed by atoms with Crippen LogP contribution in [-0.4, -0.2) is 30.9 Å². The van der Waals surface area contributed by atoms with Crippen molar-refractivity contribution < 1.29 is 9.21 Å². The lowest BCUT2D eigenvalue weighted by Gasteiger charge is -2.07. The fourth-order valence-corrected chi connectivity index (χ4v) is 3.91. The number of aromatic nitrogens is 5. The van der Waals surface area contributed by atoms with Gasteiger partial charge in [-0.05, 0) is 55.5 Å². The molecule has 1 amide bonds. The zero-order valence-electron chi connectivity index (χ0n) is 16.9. The lowest BCUT2D eigenvalue weighted by Crippen LogP contribution is -2.05. The predicted molar refractivity (Wildman–Crippen MR) is 120 cm³/mol. The molecular formula is C21H19ClN6O2S. The number of nitrogens with zero attached hydrogens (tertiary/aromatic N) is 5. The summed E-state index contributed by atoms with van der Waals surface area (Å²) in [7, 11) is 0. The second kappa shape index (κ2) is 9.32. The Bertz CT molecular complexity index is 1190. The van der Waals surface area contributed by atoms with Crippen LogP contribution in [0.4, 0.5) is 5.69 Å². The first-order chi connectivity index (χ1) is 15.0. The van der Waals surface area contributed by atoms with E-state index in [1.165, 1.54) is 18.7 Å². The van der Waals surface area contributed by atoms with Crippen molar-refractivity contribution in [2.75, 3.05) is 5.32 Å². The van der Waals surface area contributed by atoms with Crippen molar-refractivity contribution in [3.05, 3.63) is 59.4 Å². The van der Waals surface area contributed by atoms with Crippen molar-refractivity contribution in [1.82, 2.24) is 25.0 Å². The van der Waals surface area contributed by atoms with E-state index >= 15 is 0 Å². The van der Waals surface area contributed by atoms with Gasteiger partial charge in [0.1, 0.15) is 0 Å². The Hall–Kier alpha value is -3.17. The van der Waals surface area contributed by atoms with Gasteiger partial charge in [-0.3, -0.25) is 4.79 Å². The van der Waals surface area contributed by atoms with E-state index in [-0.39, 0.29) is 5.91 Å². The van der Waals surface area contributed by atoms with E-state index in [4.69, 9.17) is 16.0 Å². The molecule has 10 heteroatoms. The molecule has 31 heavy (non-hydrogen) atoms. The minimum atomic E-state index is -0.108. The molecule has 4 rings (SSSR count). The maximum Gasteiger partial charge on any atom is 0.247 e. The first-order valence-corrected chi connectivity index (χ1v) is 10.9. The Balaban J connectivity index is 1.47. The molecule has 0 aliphatic carbocycles. The van der Waals surface area contributed by atoms with Crippen molar-refractivity contribution in [2.24, 2.45) is 0 Å². The van der Waals surface area contributed by atoms with Gasteiger partial charge in [-0.2, -0.15) is 0 Å². The Morgan fingerprint density at radius 3 is 2.42 bits per heavy atom. The second-order valence-corrected chi connectivity index (χ2v) is 7.98. The molecule has 158 valence electrons. The fourth-order valence-electron chi connectivity index (χ4n) is 2.95. The number of carbonyl (C=O) groups excluding carboxylic acids is 1. The molecule has 0 spiro atoms. The van der Waals surface area contributed by atoms with Crippen LogP contribution in [0.5, 0.6) is 0 Å². The van der Waals surface area contributed by atoms with Gasteiger partial charge in [0.25, 0.3) is 0 Å². The van der Waals surface area contributed by atoms with Crippen LogP contribution in [0.25, 0.3) is 22.8 Å². The lowest BCUT2D eigenvalue weighted by atomic mass is 10.2. The van der Waals surface area contributed by atoms with Crippen LogP contribution < -0.4 is 5.32 Å². The van der Waals surface area contributed by atoms with Crippen molar-refractivity contribution >= 4 is 35.0 Å². The summed E-state index contributed by atoms with van der Waals surface area (Å²) in [6, 6.07) is 14.7. The minimum absolute atomic E-state index is 0.108. The van der Waals surface area contributed by atoms with Crippen LogP contribution in [0.3, 0.4) is 0 Å². The van der Waals surface area contributed by atoms with Gasteiger partial charge in [0, 0.05) is 35.3 Å². The zero-order chi connectivity index (χ0) is 21.8. The molecule has 0 atom stereocenters. The predicted octanol–water partition coefficient (Wildman–Crippen LogP) is 4.92. The Kier molecular flexibility index (Phi) is 6.34. The van der Waals surface area contributed by atoms with E-state index in [1.807, 2.05) is 47.9 Å². The summed E-state index contributed by atoms with van der Waals surface area (Å²) in [6.07, 6.45) is 0. The van der Waals surface area contributed by atoms with Gasteiger partial charge in [0.15, 0.2) is 11.0 Å². The molecule has 0 fully saturated rings. The van der Waals surface area contributed by atoms with Gasteiger partial charge in [-0.25, -0.2) is 0 Å². The molecule has 2 aromatic carbocycles. The fraction of sp³-hybridized carbons (Fsp3) is 0.190. The molecule has 8 nitrogen and oxygen atoms in total. The van der Waals surface area contributed by atoms with Crippen LogP contribution in [0.15, 0.2) is 58.1 Å². The normalized spacial score (nSPS) is 10.9. The molecule has 0 aliphatic heterocycles. The smallest absolute Gasteiger partial charge is 0.247 e. The molecule has 1 N–H and O–H groups in total. The summed E-state index contributed by atoms with van der Waals surface area (Å²) in [6.45, 7) is 4.22. The van der Waals surface area contributed by atoms with Crippen molar-refractivity contribution in [1.29, 1.82) is 0 Å². The van der Waals surface area contributed by atoms with Gasteiger partial charge in [0.05, 0.1) is 5.75 Å². The molecule has 4 aromatic rings. The molecule has 2 aromatic heterocycles. The first kappa shape index (κ1) is 21.1. The third kappa shape index (κ3) is 4.95. The summed E-state index contributed by atoms with van der Waals surface area (Å²) in [5, 5.41) is 21.1. The summed E-state index contributed by atoms with van der Waals surface area (Å²) < 4.78 is 7.79. The monoisotopic (exact) mass is 454 g/mol. The number of amides is 1. The first-order valence-electron chi connectivity index (χ1n) is 9.56. The van der Waals surface area contributed by atoms with Crippen molar-refractivity contribution in [3.8, 4) is 22.8 Å². The molecule has 0 saturated carbocycles. The highest BCUT2D eigenvalue weighted by Crippen LogP contribution is 2.28. The highest BCUT2D eigenvalue weighted by molar-refractivity contribution is 7.98.